The molecule has 0 spiro atoms. The van der Waals surface area contributed by atoms with Gasteiger partial charge in [0, 0.05) is 34.8 Å². The first kappa shape index (κ1) is 19.8. The maximum Gasteiger partial charge on any atom is 0.321 e. The van der Waals surface area contributed by atoms with Crippen LogP contribution in [-0.2, 0) is 17.9 Å². The predicted molar refractivity (Wildman–Crippen MR) is 112 cm³/mol. The fourth-order valence-corrected chi connectivity index (χ4v) is 4.43. The lowest BCUT2D eigenvalue weighted by molar-refractivity contribution is -0.141. The molecule has 0 unspecified atom stereocenters. The van der Waals surface area contributed by atoms with Gasteiger partial charge in [0.25, 0.3) is 0 Å². The number of hydrogen-bond acceptors (Lipinski definition) is 6. The number of aromatic nitrogens is 1. The molecule has 1 atom stereocenters. The highest BCUT2D eigenvalue weighted by molar-refractivity contribution is 7.99. The van der Waals surface area contributed by atoms with Gasteiger partial charge in [-0.05, 0) is 29.8 Å². The van der Waals surface area contributed by atoms with Gasteiger partial charge in [-0.2, -0.15) is 0 Å². The van der Waals surface area contributed by atoms with E-state index in [0.717, 1.165) is 16.8 Å². The van der Waals surface area contributed by atoms with Crippen LogP contribution in [0.1, 0.15) is 11.3 Å². The Kier molecular flexibility index (Phi) is 6.08. The van der Waals surface area contributed by atoms with Crippen LogP contribution in [0.3, 0.4) is 0 Å². The average molecular weight is 431 g/mol. The van der Waals surface area contributed by atoms with E-state index in [0.29, 0.717) is 34.7 Å². The highest BCUT2D eigenvalue weighted by Gasteiger charge is 2.30. The molecular weight excluding hydrogens is 412 g/mol. The van der Waals surface area contributed by atoms with Gasteiger partial charge in [0.2, 0.25) is 0 Å². The van der Waals surface area contributed by atoms with Crippen molar-refractivity contribution in [2.75, 3.05) is 11.6 Å². The van der Waals surface area contributed by atoms with E-state index < -0.39 is 12.0 Å². The number of ether oxygens (including phenoxy) is 1. The molecule has 1 N–H and O–H groups in total. The van der Waals surface area contributed by atoms with Crippen LogP contribution in [-0.4, -0.2) is 38.8 Å². The quantitative estimate of drug-likeness (QED) is 0.589. The number of aliphatic carboxylic acids is 1. The molecule has 1 fully saturated rings. The predicted octanol–water partition coefficient (Wildman–Crippen LogP) is 4.53. The second kappa shape index (κ2) is 8.90. The molecule has 3 aromatic rings. The number of halogens is 1. The Labute approximate surface area is 177 Å². The molecule has 1 aliphatic rings. The summed E-state index contributed by atoms with van der Waals surface area (Å²) in [5.41, 5.74) is 2.65. The van der Waals surface area contributed by atoms with Crippen molar-refractivity contribution in [3.63, 3.8) is 0 Å². The molecule has 1 aliphatic heterocycles. The van der Waals surface area contributed by atoms with E-state index in [-0.39, 0.29) is 6.61 Å². The van der Waals surface area contributed by atoms with Crippen LogP contribution in [0, 0.1) is 0 Å². The SMILES string of the molecule is O=C(O)[C@@H]1CSCN1Cc1cccc(OCc2cc(-c3ccc(Cl)cc3)no2)c1. The van der Waals surface area contributed by atoms with E-state index in [2.05, 4.69) is 5.16 Å². The first-order valence-electron chi connectivity index (χ1n) is 9.06. The van der Waals surface area contributed by atoms with Gasteiger partial charge in [-0.1, -0.05) is 41.0 Å². The van der Waals surface area contributed by atoms with Gasteiger partial charge in [-0.25, -0.2) is 0 Å². The molecule has 2 heterocycles. The van der Waals surface area contributed by atoms with Crippen molar-refractivity contribution in [2.24, 2.45) is 0 Å². The topological polar surface area (TPSA) is 75.8 Å². The second-order valence-electron chi connectivity index (χ2n) is 6.72. The summed E-state index contributed by atoms with van der Waals surface area (Å²) >= 11 is 7.55. The number of thioether (sulfide) groups is 1. The van der Waals surface area contributed by atoms with Crippen molar-refractivity contribution in [1.82, 2.24) is 10.1 Å². The van der Waals surface area contributed by atoms with Crippen LogP contribution in [0.5, 0.6) is 5.75 Å². The number of hydrogen-bond donors (Lipinski definition) is 1. The van der Waals surface area contributed by atoms with Crippen molar-refractivity contribution in [3.8, 4) is 17.0 Å². The number of rotatable bonds is 7. The molecule has 2 aromatic carbocycles. The smallest absolute Gasteiger partial charge is 0.321 e. The lowest BCUT2D eigenvalue weighted by Gasteiger charge is -2.20. The van der Waals surface area contributed by atoms with Gasteiger partial charge in [0.05, 0.1) is 0 Å². The third kappa shape index (κ3) is 4.93. The monoisotopic (exact) mass is 430 g/mol. The van der Waals surface area contributed by atoms with Crippen LogP contribution in [0.2, 0.25) is 5.02 Å². The Bertz CT molecular complexity index is 992. The van der Waals surface area contributed by atoms with Crippen molar-refractivity contribution >= 4 is 29.3 Å². The van der Waals surface area contributed by atoms with Crippen molar-refractivity contribution < 1.29 is 19.2 Å². The van der Waals surface area contributed by atoms with Crippen molar-refractivity contribution in [2.45, 2.75) is 19.2 Å². The molecule has 4 rings (SSSR count). The van der Waals surface area contributed by atoms with Crippen LogP contribution >= 0.6 is 23.4 Å². The summed E-state index contributed by atoms with van der Waals surface area (Å²) in [5, 5.41) is 14.1. The number of nitrogens with zero attached hydrogens (tertiary/aromatic N) is 2. The second-order valence-corrected chi connectivity index (χ2v) is 8.16. The summed E-state index contributed by atoms with van der Waals surface area (Å²) in [4.78, 5) is 13.3. The van der Waals surface area contributed by atoms with Gasteiger partial charge in [-0.3, -0.25) is 9.69 Å². The summed E-state index contributed by atoms with van der Waals surface area (Å²) < 4.78 is 11.2. The molecule has 0 amide bonds. The molecule has 150 valence electrons. The summed E-state index contributed by atoms with van der Waals surface area (Å²) in [5.74, 6) is 1.87. The van der Waals surface area contributed by atoms with Gasteiger partial charge >= 0.3 is 5.97 Å². The highest BCUT2D eigenvalue weighted by atomic mass is 35.5. The zero-order chi connectivity index (χ0) is 20.2. The van der Waals surface area contributed by atoms with E-state index >= 15 is 0 Å². The lowest BCUT2D eigenvalue weighted by atomic mass is 10.1. The highest BCUT2D eigenvalue weighted by Crippen LogP contribution is 2.25. The van der Waals surface area contributed by atoms with Gasteiger partial charge in [0.1, 0.15) is 24.1 Å². The van der Waals surface area contributed by atoms with E-state index in [1.807, 2.05) is 47.4 Å². The number of benzene rings is 2. The molecule has 0 radical (unpaired) electrons. The Balaban J connectivity index is 1.37. The first-order valence-corrected chi connectivity index (χ1v) is 10.6. The fraction of sp³-hybridized carbons (Fsp3) is 0.238. The molecule has 29 heavy (non-hydrogen) atoms. The van der Waals surface area contributed by atoms with E-state index in [9.17, 15) is 9.90 Å². The molecule has 0 bridgehead atoms. The first-order chi connectivity index (χ1) is 14.1. The molecule has 0 aliphatic carbocycles. The molecule has 8 heteroatoms. The van der Waals surface area contributed by atoms with Crippen molar-refractivity contribution in [3.05, 3.63) is 70.9 Å². The minimum absolute atomic E-state index is 0.251. The van der Waals surface area contributed by atoms with Gasteiger partial charge < -0.3 is 14.4 Å². The maximum absolute atomic E-state index is 11.3. The number of carboxylic acids is 1. The van der Waals surface area contributed by atoms with Crippen LogP contribution in [0.15, 0.2) is 59.1 Å². The zero-order valence-corrected chi connectivity index (χ0v) is 17.0. The maximum atomic E-state index is 11.3. The average Bonchev–Trinajstić information content (AvgIpc) is 3.37. The molecule has 6 nitrogen and oxygen atoms in total. The van der Waals surface area contributed by atoms with Gasteiger partial charge in [0.15, 0.2) is 5.76 Å². The molecule has 1 aromatic heterocycles. The van der Waals surface area contributed by atoms with Gasteiger partial charge in [-0.15, -0.1) is 11.8 Å². The summed E-state index contributed by atoms with van der Waals surface area (Å²) in [6.45, 7) is 0.825. The zero-order valence-electron chi connectivity index (χ0n) is 15.5. The minimum atomic E-state index is -0.774. The minimum Gasteiger partial charge on any atom is -0.486 e. The fourth-order valence-electron chi connectivity index (χ4n) is 3.12. The third-order valence-corrected chi connectivity index (χ3v) is 5.94. The third-order valence-electron chi connectivity index (χ3n) is 4.62. The Morgan fingerprint density at radius 2 is 2.10 bits per heavy atom. The largest absolute Gasteiger partial charge is 0.486 e. The Morgan fingerprint density at radius 3 is 2.90 bits per heavy atom. The van der Waals surface area contributed by atoms with Crippen LogP contribution in [0.25, 0.3) is 11.3 Å². The summed E-state index contributed by atoms with van der Waals surface area (Å²) in [7, 11) is 0. The summed E-state index contributed by atoms with van der Waals surface area (Å²) in [6.07, 6.45) is 0. The lowest BCUT2D eigenvalue weighted by Crippen LogP contribution is -2.37. The van der Waals surface area contributed by atoms with E-state index in [1.54, 1.807) is 23.9 Å². The van der Waals surface area contributed by atoms with E-state index in [4.69, 9.17) is 20.9 Å². The van der Waals surface area contributed by atoms with Crippen LogP contribution in [0.4, 0.5) is 0 Å². The summed E-state index contributed by atoms with van der Waals surface area (Å²) in [6, 6.07) is 16.5. The number of carbonyl (C=O) groups is 1. The molecule has 0 saturated carbocycles. The standard InChI is InChI=1S/C21H19ClN2O4S/c22-16-6-4-15(5-7-16)19-9-18(28-23-19)11-27-17-3-1-2-14(8-17)10-24-13-29-12-20(24)21(25)26/h1-9,20H,10-13H2,(H,25,26)/t20-/m0/s1. The molecular formula is C21H19ClN2O4S. The van der Waals surface area contributed by atoms with Crippen LogP contribution < -0.4 is 4.74 Å². The Morgan fingerprint density at radius 1 is 1.28 bits per heavy atom. The Hall–Kier alpha value is -2.48. The van der Waals surface area contributed by atoms with Crippen molar-refractivity contribution in [1.29, 1.82) is 0 Å². The van der Waals surface area contributed by atoms with E-state index in [1.165, 1.54) is 0 Å². The number of carboxylic acid groups (broad SMARTS) is 1. The molecule has 1 saturated heterocycles. The normalized spacial score (nSPS) is 16.8.